The normalized spacial score (nSPS) is 19.2. The lowest BCUT2D eigenvalue weighted by atomic mass is 9.98. The molecule has 0 saturated heterocycles. The second-order valence-electron chi connectivity index (χ2n) is 5.54. The Balaban J connectivity index is 1.88. The monoisotopic (exact) mass is 260 g/mol. The summed E-state index contributed by atoms with van der Waals surface area (Å²) in [5.74, 6) is -0.233. The summed E-state index contributed by atoms with van der Waals surface area (Å²) in [6, 6.07) is 9.88. The molecule has 1 saturated carbocycles. The molecule has 0 N–H and O–H groups in total. The highest BCUT2D eigenvalue weighted by atomic mass is 16.5. The number of esters is 1. The maximum absolute atomic E-state index is 12.2. The number of rotatable bonds is 3. The van der Waals surface area contributed by atoms with Crippen LogP contribution >= 0.6 is 0 Å². The number of benzene rings is 1. The van der Waals surface area contributed by atoms with Gasteiger partial charge in [0.05, 0.1) is 5.92 Å². The van der Waals surface area contributed by atoms with Gasteiger partial charge < -0.3 is 4.74 Å². The lowest BCUT2D eigenvalue weighted by Crippen LogP contribution is -2.22. The molecule has 2 rings (SSSR count). The molecule has 0 radical (unpaired) electrons. The fourth-order valence-corrected chi connectivity index (χ4v) is 2.68. The van der Waals surface area contributed by atoms with Crippen LogP contribution in [0.1, 0.15) is 63.4 Å². The lowest BCUT2D eigenvalue weighted by molar-refractivity contribution is -0.151. The molecule has 1 atom stereocenters. The third kappa shape index (κ3) is 4.38. The zero-order valence-electron chi connectivity index (χ0n) is 11.8. The Morgan fingerprint density at radius 1 is 1.05 bits per heavy atom. The van der Waals surface area contributed by atoms with Gasteiger partial charge in [0.25, 0.3) is 0 Å². The van der Waals surface area contributed by atoms with Gasteiger partial charge >= 0.3 is 5.97 Å². The Bertz CT molecular complexity index is 378. The summed E-state index contributed by atoms with van der Waals surface area (Å²) in [5.41, 5.74) is 1.04. The van der Waals surface area contributed by atoms with Gasteiger partial charge in [0, 0.05) is 0 Å². The smallest absolute Gasteiger partial charge is 0.313 e. The fraction of sp³-hybridized carbons (Fsp3) is 0.588. The molecule has 1 aromatic rings. The van der Waals surface area contributed by atoms with Crippen molar-refractivity contribution in [3.8, 4) is 0 Å². The zero-order valence-corrected chi connectivity index (χ0v) is 11.8. The summed E-state index contributed by atoms with van der Waals surface area (Å²) in [7, 11) is 0. The van der Waals surface area contributed by atoms with Crippen LogP contribution in [0, 0.1) is 0 Å². The van der Waals surface area contributed by atoms with Crippen molar-refractivity contribution in [1.29, 1.82) is 0 Å². The third-order valence-corrected chi connectivity index (χ3v) is 3.99. The average Bonchev–Trinajstić information content (AvgIpc) is 2.41. The first-order chi connectivity index (χ1) is 9.27. The van der Waals surface area contributed by atoms with E-state index in [0.29, 0.717) is 0 Å². The van der Waals surface area contributed by atoms with E-state index in [0.717, 1.165) is 18.4 Å². The maximum atomic E-state index is 12.2. The molecule has 1 aromatic carbocycles. The van der Waals surface area contributed by atoms with Crippen LogP contribution < -0.4 is 0 Å². The SMILES string of the molecule is C[C@@H](C(=O)OC1CCCCCCC1)c1ccccc1. The van der Waals surface area contributed by atoms with Crippen LogP contribution in [0.15, 0.2) is 30.3 Å². The number of carbonyl (C=O) groups is 1. The van der Waals surface area contributed by atoms with Crippen molar-refractivity contribution in [3.05, 3.63) is 35.9 Å². The molecule has 0 spiro atoms. The second-order valence-corrected chi connectivity index (χ2v) is 5.54. The molecular formula is C17H24O2. The molecule has 2 nitrogen and oxygen atoms in total. The number of hydrogen-bond donors (Lipinski definition) is 0. The Labute approximate surface area is 116 Å². The van der Waals surface area contributed by atoms with Gasteiger partial charge in [0.2, 0.25) is 0 Å². The molecule has 0 aliphatic heterocycles. The van der Waals surface area contributed by atoms with Gasteiger partial charge in [-0.3, -0.25) is 4.79 Å². The van der Waals surface area contributed by atoms with Gasteiger partial charge in [-0.2, -0.15) is 0 Å². The summed E-state index contributed by atoms with van der Waals surface area (Å²) < 4.78 is 5.70. The molecule has 1 aliphatic rings. The standard InChI is InChI=1S/C17H24O2/c1-14(15-10-6-5-7-11-15)17(18)19-16-12-8-3-2-4-9-13-16/h5-7,10-11,14,16H,2-4,8-9,12-13H2,1H3/t14-/m1/s1. The average molecular weight is 260 g/mol. The molecule has 104 valence electrons. The molecule has 1 fully saturated rings. The van der Waals surface area contributed by atoms with Crippen molar-refractivity contribution in [2.45, 2.75) is 63.9 Å². The molecule has 0 heterocycles. The van der Waals surface area contributed by atoms with E-state index in [2.05, 4.69) is 0 Å². The molecular weight excluding hydrogens is 236 g/mol. The van der Waals surface area contributed by atoms with Gasteiger partial charge in [0.15, 0.2) is 0 Å². The van der Waals surface area contributed by atoms with Crippen molar-refractivity contribution in [3.63, 3.8) is 0 Å². The molecule has 19 heavy (non-hydrogen) atoms. The largest absolute Gasteiger partial charge is 0.462 e. The molecule has 1 aliphatic carbocycles. The minimum absolute atomic E-state index is 0.0724. The summed E-state index contributed by atoms with van der Waals surface area (Å²) in [6.07, 6.45) is 8.49. The van der Waals surface area contributed by atoms with E-state index < -0.39 is 0 Å². The predicted molar refractivity (Wildman–Crippen MR) is 77.1 cm³/mol. The Kier molecular flexibility index (Phi) is 5.44. The van der Waals surface area contributed by atoms with Crippen molar-refractivity contribution in [2.75, 3.05) is 0 Å². The van der Waals surface area contributed by atoms with E-state index in [-0.39, 0.29) is 18.0 Å². The van der Waals surface area contributed by atoms with Crippen LogP contribution in [0.25, 0.3) is 0 Å². The van der Waals surface area contributed by atoms with Gasteiger partial charge in [-0.05, 0) is 38.2 Å². The summed E-state index contributed by atoms with van der Waals surface area (Å²) in [4.78, 5) is 12.2. The van der Waals surface area contributed by atoms with Crippen molar-refractivity contribution in [2.24, 2.45) is 0 Å². The number of carbonyl (C=O) groups excluding carboxylic acids is 1. The van der Waals surface area contributed by atoms with Gasteiger partial charge in [-0.1, -0.05) is 49.6 Å². The van der Waals surface area contributed by atoms with Gasteiger partial charge in [-0.25, -0.2) is 0 Å². The van der Waals surface area contributed by atoms with Gasteiger partial charge in [-0.15, -0.1) is 0 Å². The zero-order chi connectivity index (χ0) is 13.5. The van der Waals surface area contributed by atoms with Crippen molar-refractivity contribution >= 4 is 5.97 Å². The van der Waals surface area contributed by atoms with Crippen LogP contribution in [0.3, 0.4) is 0 Å². The minimum Gasteiger partial charge on any atom is -0.462 e. The fourth-order valence-electron chi connectivity index (χ4n) is 2.68. The number of ether oxygens (including phenoxy) is 1. The molecule has 0 aromatic heterocycles. The first-order valence-electron chi connectivity index (χ1n) is 7.53. The third-order valence-electron chi connectivity index (χ3n) is 3.99. The molecule has 0 amide bonds. The number of hydrogen-bond acceptors (Lipinski definition) is 2. The van der Waals surface area contributed by atoms with Gasteiger partial charge in [0.1, 0.15) is 6.10 Å². The molecule has 2 heteroatoms. The maximum Gasteiger partial charge on any atom is 0.313 e. The summed E-state index contributed by atoms with van der Waals surface area (Å²) >= 11 is 0. The van der Waals surface area contributed by atoms with Crippen LogP contribution in [0.2, 0.25) is 0 Å². The van der Waals surface area contributed by atoms with Crippen LogP contribution in [-0.4, -0.2) is 12.1 Å². The summed E-state index contributed by atoms with van der Waals surface area (Å²) in [6.45, 7) is 1.93. The summed E-state index contributed by atoms with van der Waals surface area (Å²) in [5, 5.41) is 0. The second kappa shape index (κ2) is 7.32. The molecule has 0 unspecified atom stereocenters. The Morgan fingerprint density at radius 2 is 1.63 bits per heavy atom. The van der Waals surface area contributed by atoms with Crippen LogP contribution in [0.5, 0.6) is 0 Å². The first-order valence-corrected chi connectivity index (χ1v) is 7.53. The van der Waals surface area contributed by atoms with E-state index in [1.54, 1.807) is 0 Å². The van der Waals surface area contributed by atoms with Crippen molar-refractivity contribution in [1.82, 2.24) is 0 Å². The highest BCUT2D eigenvalue weighted by Gasteiger charge is 2.21. The topological polar surface area (TPSA) is 26.3 Å². The highest BCUT2D eigenvalue weighted by molar-refractivity contribution is 5.77. The van der Waals surface area contributed by atoms with E-state index in [1.807, 2.05) is 37.3 Å². The molecule has 0 bridgehead atoms. The van der Waals surface area contributed by atoms with E-state index in [4.69, 9.17) is 4.74 Å². The van der Waals surface area contributed by atoms with E-state index in [1.165, 1.54) is 32.1 Å². The Hall–Kier alpha value is -1.31. The van der Waals surface area contributed by atoms with Crippen molar-refractivity contribution < 1.29 is 9.53 Å². The first kappa shape index (κ1) is 14.1. The minimum atomic E-state index is -0.161. The quantitative estimate of drug-likeness (QED) is 0.751. The predicted octanol–water partition coefficient (Wildman–Crippen LogP) is 4.45. The van der Waals surface area contributed by atoms with Crippen LogP contribution in [-0.2, 0) is 9.53 Å². The van der Waals surface area contributed by atoms with E-state index in [9.17, 15) is 4.79 Å². The van der Waals surface area contributed by atoms with E-state index >= 15 is 0 Å². The lowest BCUT2D eigenvalue weighted by Gasteiger charge is -2.22. The Morgan fingerprint density at radius 3 is 2.26 bits per heavy atom. The highest BCUT2D eigenvalue weighted by Crippen LogP contribution is 2.23. The van der Waals surface area contributed by atoms with Crippen LogP contribution in [0.4, 0.5) is 0 Å².